The molecule has 84 valence electrons. The van der Waals surface area contributed by atoms with E-state index in [4.69, 9.17) is 5.73 Å². The highest BCUT2D eigenvalue weighted by atomic mass is 79.9. The smallest absolute Gasteiger partial charge is 0.240 e. The zero-order chi connectivity index (χ0) is 11.8. The fourth-order valence-electron chi connectivity index (χ4n) is 1.61. The summed E-state index contributed by atoms with van der Waals surface area (Å²) in [6.07, 6.45) is 1.70. The number of hydrogen-bond acceptors (Lipinski definition) is 5. The van der Waals surface area contributed by atoms with Gasteiger partial charge in [-0.25, -0.2) is 0 Å². The second-order valence-electron chi connectivity index (χ2n) is 3.41. The summed E-state index contributed by atoms with van der Waals surface area (Å²) in [5.74, 6) is 0.783. The summed E-state index contributed by atoms with van der Waals surface area (Å²) in [6.45, 7) is 0. The molecule has 0 saturated carbocycles. The third-order valence-corrected chi connectivity index (χ3v) is 2.85. The fourth-order valence-corrected chi connectivity index (χ4v) is 2.04. The minimum atomic E-state index is 0.187. The van der Waals surface area contributed by atoms with Crippen LogP contribution in [0.15, 0.2) is 35.2 Å². The van der Waals surface area contributed by atoms with Crippen LogP contribution in [0.2, 0.25) is 0 Å². The van der Waals surface area contributed by atoms with E-state index in [1.54, 1.807) is 6.20 Å². The third kappa shape index (κ3) is 1.64. The molecule has 7 heteroatoms. The normalized spacial score (nSPS) is 10.9. The van der Waals surface area contributed by atoms with Gasteiger partial charge in [-0.15, -0.1) is 10.2 Å². The first kappa shape index (κ1) is 10.2. The Labute approximate surface area is 105 Å². The van der Waals surface area contributed by atoms with Gasteiger partial charge in [-0.05, 0) is 15.9 Å². The van der Waals surface area contributed by atoms with Crippen LogP contribution in [0.25, 0.3) is 16.6 Å². The van der Waals surface area contributed by atoms with Gasteiger partial charge in [0.25, 0.3) is 0 Å². The number of benzene rings is 1. The Balaban J connectivity index is 2.34. The van der Waals surface area contributed by atoms with Gasteiger partial charge in [0, 0.05) is 10.8 Å². The maximum atomic E-state index is 5.54. The molecular weight excluding hydrogens is 284 g/mol. The van der Waals surface area contributed by atoms with Crippen LogP contribution in [-0.2, 0) is 0 Å². The zero-order valence-corrected chi connectivity index (χ0v) is 10.2. The quantitative estimate of drug-likeness (QED) is 0.735. The molecule has 0 aliphatic heterocycles. The maximum absolute atomic E-state index is 5.54. The van der Waals surface area contributed by atoms with E-state index in [0.29, 0.717) is 10.6 Å². The molecule has 2 aromatic heterocycles. The summed E-state index contributed by atoms with van der Waals surface area (Å²) in [7, 11) is 0. The van der Waals surface area contributed by atoms with E-state index in [0.717, 1.165) is 10.8 Å². The molecule has 3 aromatic rings. The number of anilines is 1. The number of halogens is 1. The topological polar surface area (TPSA) is 82.5 Å². The first-order valence-electron chi connectivity index (χ1n) is 4.84. The largest absolute Gasteiger partial charge is 0.366 e. The van der Waals surface area contributed by atoms with E-state index in [1.807, 2.05) is 24.3 Å². The Morgan fingerprint density at radius 1 is 1.24 bits per heavy atom. The third-order valence-electron chi connectivity index (χ3n) is 2.34. The average molecular weight is 291 g/mol. The van der Waals surface area contributed by atoms with Crippen LogP contribution < -0.4 is 5.73 Å². The van der Waals surface area contributed by atoms with Crippen molar-refractivity contribution in [2.45, 2.75) is 0 Å². The minimum Gasteiger partial charge on any atom is -0.366 e. The van der Waals surface area contributed by atoms with Crippen molar-refractivity contribution in [2.24, 2.45) is 0 Å². The fraction of sp³-hybridized carbons (Fsp3) is 0. The Morgan fingerprint density at radius 3 is 2.82 bits per heavy atom. The molecular formula is C10H7BrN6. The van der Waals surface area contributed by atoms with Gasteiger partial charge in [0.1, 0.15) is 0 Å². The lowest BCUT2D eigenvalue weighted by molar-refractivity contribution is 0.809. The Hall–Kier alpha value is -2.02. The summed E-state index contributed by atoms with van der Waals surface area (Å²) < 4.78 is 2.02. The zero-order valence-electron chi connectivity index (χ0n) is 8.58. The van der Waals surface area contributed by atoms with Gasteiger partial charge in [-0.1, -0.05) is 24.3 Å². The van der Waals surface area contributed by atoms with Crippen molar-refractivity contribution in [3.63, 3.8) is 0 Å². The second-order valence-corrected chi connectivity index (χ2v) is 4.12. The second kappa shape index (κ2) is 3.77. The van der Waals surface area contributed by atoms with Crippen molar-refractivity contribution >= 4 is 32.7 Å². The van der Waals surface area contributed by atoms with Gasteiger partial charge in [0.2, 0.25) is 10.7 Å². The van der Waals surface area contributed by atoms with Crippen molar-refractivity contribution in [1.29, 1.82) is 0 Å². The van der Waals surface area contributed by atoms with Crippen molar-refractivity contribution < 1.29 is 0 Å². The molecule has 0 bridgehead atoms. The van der Waals surface area contributed by atoms with Crippen LogP contribution in [0.3, 0.4) is 0 Å². The van der Waals surface area contributed by atoms with Gasteiger partial charge in [-0.3, -0.25) is 0 Å². The summed E-state index contributed by atoms with van der Waals surface area (Å²) in [4.78, 5) is 3.97. The molecule has 0 atom stereocenters. The van der Waals surface area contributed by atoms with Crippen molar-refractivity contribution in [3.05, 3.63) is 35.2 Å². The molecule has 0 radical (unpaired) electrons. The predicted molar refractivity (Wildman–Crippen MR) is 66.6 cm³/mol. The van der Waals surface area contributed by atoms with E-state index in [-0.39, 0.29) is 5.95 Å². The Kier molecular flexibility index (Phi) is 2.25. The number of aromatic nitrogens is 5. The molecule has 2 heterocycles. The average Bonchev–Trinajstić information content (AvgIpc) is 2.68. The number of nitrogen functional groups attached to an aromatic ring is 1. The molecule has 6 nitrogen and oxygen atoms in total. The first-order chi connectivity index (χ1) is 8.25. The van der Waals surface area contributed by atoms with E-state index < -0.39 is 0 Å². The van der Waals surface area contributed by atoms with Gasteiger partial charge in [0.15, 0.2) is 5.82 Å². The van der Waals surface area contributed by atoms with Gasteiger partial charge in [0.05, 0.1) is 6.20 Å². The highest BCUT2D eigenvalue weighted by Gasteiger charge is 2.11. The highest BCUT2D eigenvalue weighted by Crippen LogP contribution is 2.21. The van der Waals surface area contributed by atoms with E-state index in [1.165, 1.54) is 4.68 Å². The van der Waals surface area contributed by atoms with Crippen molar-refractivity contribution in [3.8, 4) is 5.82 Å². The summed E-state index contributed by atoms with van der Waals surface area (Å²) in [5.41, 5.74) is 5.54. The molecule has 0 aliphatic carbocycles. The molecule has 0 saturated heterocycles. The number of rotatable bonds is 1. The summed E-state index contributed by atoms with van der Waals surface area (Å²) in [6, 6.07) is 7.78. The lowest BCUT2D eigenvalue weighted by atomic mass is 10.2. The molecule has 0 unspecified atom stereocenters. The number of fused-ring (bicyclic) bond motifs is 1. The Morgan fingerprint density at radius 2 is 2.06 bits per heavy atom. The predicted octanol–water partition coefficient (Wildman–Crippen LogP) is 1.56. The van der Waals surface area contributed by atoms with Crippen LogP contribution in [0.4, 0.5) is 5.95 Å². The van der Waals surface area contributed by atoms with Crippen LogP contribution in [0, 0.1) is 0 Å². The van der Waals surface area contributed by atoms with Gasteiger partial charge < -0.3 is 5.73 Å². The maximum Gasteiger partial charge on any atom is 0.240 e. The summed E-state index contributed by atoms with van der Waals surface area (Å²) >= 11 is 3.28. The summed E-state index contributed by atoms with van der Waals surface area (Å²) in [5, 5.41) is 14.0. The molecule has 3 rings (SSSR count). The minimum absolute atomic E-state index is 0.187. The number of hydrogen-bond donors (Lipinski definition) is 1. The van der Waals surface area contributed by atoms with E-state index in [9.17, 15) is 0 Å². The van der Waals surface area contributed by atoms with Crippen LogP contribution in [0.5, 0.6) is 0 Å². The van der Waals surface area contributed by atoms with E-state index in [2.05, 4.69) is 36.2 Å². The lowest BCUT2D eigenvalue weighted by Gasteiger charge is -2.03. The standard InChI is InChI=1S/C10H7BrN6/c11-9-14-10(12)16-17(9)8-7-4-2-1-3-6(7)5-13-15-8/h1-5H,(H2,12,16). The van der Waals surface area contributed by atoms with Crippen LogP contribution in [0.1, 0.15) is 0 Å². The lowest BCUT2D eigenvalue weighted by Crippen LogP contribution is -2.03. The molecule has 1 aromatic carbocycles. The molecule has 17 heavy (non-hydrogen) atoms. The van der Waals surface area contributed by atoms with Gasteiger partial charge in [-0.2, -0.15) is 14.8 Å². The van der Waals surface area contributed by atoms with Crippen LogP contribution in [-0.4, -0.2) is 25.0 Å². The van der Waals surface area contributed by atoms with Gasteiger partial charge >= 0.3 is 0 Å². The molecule has 0 fully saturated rings. The van der Waals surface area contributed by atoms with Crippen molar-refractivity contribution in [2.75, 3.05) is 5.73 Å². The van der Waals surface area contributed by atoms with Crippen molar-refractivity contribution in [1.82, 2.24) is 25.0 Å². The Bertz CT molecular complexity index is 687. The molecule has 2 N–H and O–H groups in total. The number of nitrogens with zero attached hydrogens (tertiary/aromatic N) is 5. The molecule has 0 aliphatic rings. The number of nitrogens with two attached hydrogens (primary N) is 1. The highest BCUT2D eigenvalue weighted by molar-refractivity contribution is 9.10. The monoisotopic (exact) mass is 290 g/mol. The SMILES string of the molecule is Nc1nc(Br)n(-c2nncc3ccccc23)n1. The van der Waals surface area contributed by atoms with Crippen LogP contribution >= 0.6 is 15.9 Å². The molecule has 0 spiro atoms. The van der Waals surface area contributed by atoms with E-state index >= 15 is 0 Å². The first-order valence-corrected chi connectivity index (χ1v) is 5.64. The molecule has 0 amide bonds.